The van der Waals surface area contributed by atoms with Crippen LogP contribution in [-0.2, 0) is 28.7 Å². The third kappa shape index (κ3) is 16.4. The largest absolute Gasteiger partial charge is 0.453 e. The number of nitrogens with two attached hydrogens (primary N) is 4. The van der Waals surface area contributed by atoms with Gasteiger partial charge in [0.1, 0.15) is 12.1 Å². The minimum atomic E-state index is -0.845. The zero-order chi connectivity index (χ0) is 45.2. The van der Waals surface area contributed by atoms with Crippen LogP contribution in [0.4, 0.5) is 0 Å². The summed E-state index contributed by atoms with van der Waals surface area (Å²) in [6, 6.07) is -1.58. The van der Waals surface area contributed by atoms with Crippen LogP contribution in [0, 0.1) is 10.8 Å². The quantitative estimate of drug-likeness (QED) is 0.0689. The van der Waals surface area contributed by atoms with Crippen molar-refractivity contribution in [1.82, 2.24) is 0 Å². The predicted molar refractivity (Wildman–Crippen MR) is 245 cm³/mol. The Hall–Kier alpha value is -4.74. The van der Waals surface area contributed by atoms with Gasteiger partial charge in [0.05, 0.1) is 0 Å². The van der Waals surface area contributed by atoms with Gasteiger partial charge in [0, 0.05) is 12.8 Å². The van der Waals surface area contributed by atoms with E-state index in [-0.39, 0.29) is 22.4 Å². The molecule has 60 heavy (non-hydrogen) atoms. The first-order valence-electron chi connectivity index (χ1n) is 21.1. The zero-order valence-corrected chi connectivity index (χ0v) is 37.8. The molecule has 0 aromatic heterocycles. The SMILES string of the molecule is CC(C=CC=C(C)C=CC1=C(C)C(=O)C(OC(=O)C(N)CCCN)CC1(C)C)=CC=CC=C(C)C=CC=C(C)C=CC1=C(C)C(=O)C(OC(=O)C(N)CCCN)CC1(C)C. The molecule has 0 aromatic carbocycles. The highest BCUT2D eigenvalue weighted by atomic mass is 16.6. The maximum Gasteiger partial charge on any atom is 0.323 e. The van der Waals surface area contributed by atoms with Crippen molar-refractivity contribution >= 4 is 23.5 Å². The van der Waals surface area contributed by atoms with Gasteiger partial charge in [0.2, 0.25) is 0 Å². The van der Waals surface area contributed by atoms with Crippen LogP contribution in [0.1, 0.15) is 108 Å². The molecule has 10 nitrogen and oxygen atoms in total. The molecule has 4 unspecified atom stereocenters. The van der Waals surface area contributed by atoms with Crippen molar-refractivity contribution in [1.29, 1.82) is 0 Å². The van der Waals surface area contributed by atoms with E-state index in [1.165, 1.54) is 0 Å². The summed E-state index contributed by atoms with van der Waals surface area (Å²) in [7, 11) is 0. The van der Waals surface area contributed by atoms with E-state index in [1.807, 2.05) is 113 Å². The van der Waals surface area contributed by atoms with Crippen LogP contribution in [0.3, 0.4) is 0 Å². The molecule has 0 amide bonds. The van der Waals surface area contributed by atoms with Gasteiger partial charge in [-0.05, 0) is 113 Å². The van der Waals surface area contributed by atoms with Gasteiger partial charge in [-0.25, -0.2) is 0 Å². The van der Waals surface area contributed by atoms with E-state index in [4.69, 9.17) is 32.4 Å². The van der Waals surface area contributed by atoms with E-state index in [1.54, 1.807) is 13.8 Å². The minimum Gasteiger partial charge on any atom is -0.453 e. The van der Waals surface area contributed by atoms with Crippen LogP contribution in [0.25, 0.3) is 0 Å². The van der Waals surface area contributed by atoms with Gasteiger partial charge >= 0.3 is 11.9 Å². The van der Waals surface area contributed by atoms with Crippen LogP contribution in [-0.4, -0.2) is 60.9 Å². The lowest BCUT2D eigenvalue weighted by molar-refractivity contribution is -0.157. The summed E-state index contributed by atoms with van der Waals surface area (Å²) in [6.45, 7) is 20.7. The van der Waals surface area contributed by atoms with Crippen LogP contribution >= 0.6 is 0 Å². The van der Waals surface area contributed by atoms with Crippen molar-refractivity contribution in [3.05, 3.63) is 130 Å². The summed E-state index contributed by atoms with van der Waals surface area (Å²) in [6.07, 6.45) is 29.3. The first kappa shape index (κ1) is 51.4. The van der Waals surface area contributed by atoms with E-state index in [0.717, 1.165) is 33.4 Å². The van der Waals surface area contributed by atoms with E-state index < -0.39 is 36.2 Å². The Morgan fingerprint density at radius 2 is 0.917 bits per heavy atom. The lowest BCUT2D eigenvalue weighted by atomic mass is 9.71. The molecule has 4 atom stereocenters. The molecule has 8 N–H and O–H groups in total. The number of esters is 2. The van der Waals surface area contributed by atoms with Gasteiger partial charge in [-0.3, -0.25) is 19.2 Å². The molecule has 328 valence electrons. The van der Waals surface area contributed by atoms with Crippen LogP contribution in [0.5, 0.6) is 0 Å². The van der Waals surface area contributed by atoms with Crippen LogP contribution < -0.4 is 22.9 Å². The van der Waals surface area contributed by atoms with Crippen molar-refractivity contribution in [3.8, 4) is 0 Å². The van der Waals surface area contributed by atoms with Gasteiger partial charge in [-0.2, -0.15) is 0 Å². The van der Waals surface area contributed by atoms with Crippen molar-refractivity contribution in [3.63, 3.8) is 0 Å². The van der Waals surface area contributed by atoms with Gasteiger partial charge in [-0.15, -0.1) is 0 Å². The predicted octanol–water partition coefficient (Wildman–Crippen LogP) is 8.14. The summed E-state index contributed by atoms with van der Waals surface area (Å²) >= 11 is 0. The molecule has 0 fully saturated rings. The molecule has 0 saturated heterocycles. The number of ketones is 2. The number of ether oxygens (including phenoxy) is 2. The zero-order valence-electron chi connectivity index (χ0n) is 37.8. The topological polar surface area (TPSA) is 191 Å². The van der Waals surface area contributed by atoms with Crippen LogP contribution in [0.15, 0.2) is 130 Å². The fourth-order valence-corrected chi connectivity index (χ4v) is 7.12. The molecular formula is C50H72N4O6. The monoisotopic (exact) mass is 825 g/mol. The molecule has 0 radical (unpaired) electrons. The van der Waals surface area contributed by atoms with Crippen molar-refractivity contribution in [2.75, 3.05) is 13.1 Å². The van der Waals surface area contributed by atoms with Crippen molar-refractivity contribution in [2.24, 2.45) is 33.8 Å². The second-order valence-electron chi connectivity index (χ2n) is 17.3. The highest BCUT2D eigenvalue weighted by Crippen LogP contribution is 2.42. The smallest absolute Gasteiger partial charge is 0.323 e. The molecule has 2 aliphatic carbocycles. The highest BCUT2D eigenvalue weighted by Gasteiger charge is 2.41. The summed E-state index contributed by atoms with van der Waals surface area (Å²) in [4.78, 5) is 51.3. The summed E-state index contributed by atoms with van der Waals surface area (Å²) < 4.78 is 11.1. The Kier molecular flexibility index (Phi) is 21.0. The van der Waals surface area contributed by atoms with E-state index in [0.29, 0.717) is 62.8 Å². The van der Waals surface area contributed by atoms with Gasteiger partial charge in [0.25, 0.3) is 0 Å². The maximum absolute atomic E-state index is 13.2. The van der Waals surface area contributed by atoms with Gasteiger partial charge < -0.3 is 32.4 Å². The Bertz CT molecular complexity index is 1770. The number of Topliss-reactive ketones (excluding diaryl/α,β-unsaturated/α-hetero) is 2. The molecule has 0 heterocycles. The Morgan fingerprint density at radius 1 is 0.600 bits per heavy atom. The number of carbonyl (C=O) groups excluding carboxylic acids is 4. The summed E-state index contributed by atoms with van der Waals surface area (Å²) in [5.41, 5.74) is 29.4. The molecule has 10 heteroatoms. The normalized spacial score (nSPS) is 22.0. The molecule has 0 saturated carbocycles. The molecule has 0 aromatic rings. The average Bonchev–Trinajstić information content (AvgIpc) is 3.17. The Balaban J connectivity index is 1.98. The maximum atomic E-state index is 13.2. The Morgan fingerprint density at radius 3 is 1.25 bits per heavy atom. The van der Waals surface area contributed by atoms with Crippen LogP contribution in [0.2, 0.25) is 0 Å². The number of rotatable bonds is 20. The molecule has 0 spiro atoms. The first-order valence-corrected chi connectivity index (χ1v) is 21.1. The second kappa shape index (κ2) is 24.5. The van der Waals surface area contributed by atoms with E-state index in [2.05, 4.69) is 27.7 Å². The number of hydrogen-bond donors (Lipinski definition) is 4. The summed E-state index contributed by atoms with van der Waals surface area (Å²) in [5, 5.41) is 0. The third-order valence-electron chi connectivity index (χ3n) is 10.8. The number of hydrogen-bond acceptors (Lipinski definition) is 10. The number of carbonyl (C=O) groups is 4. The summed E-state index contributed by atoms with van der Waals surface area (Å²) in [5.74, 6) is -1.50. The lowest BCUT2D eigenvalue weighted by Crippen LogP contribution is -2.42. The molecular weight excluding hydrogens is 753 g/mol. The molecule has 0 aliphatic heterocycles. The fraction of sp³-hybridized carbons (Fsp3) is 0.480. The van der Waals surface area contributed by atoms with E-state index >= 15 is 0 Å². The fourth-order valence-electron chi connectivity index (χ4n) is 7.12. The highest BCUT2D eigenvalue weighted by molar-refractivity contribution is 6.02. The molecule has 0 bridgehead atoms. The first-order chi connectivity index (χ1) is 28.1. The van der Waals surface area contributed by atoms with E-state index in [9.17, 15) is 19.2 Å². The van der Waals surface area contributed by atoms with Crippen molar-refractivity contribution in [2.45, 2.75) is 132 Å². The second-order valence-corrected chi connectivity index (χ2v) is 17.3. The Labute approximate surface area is 359 Å². The minimum absolute atomic E-state index is 0.187. The van der Waals surface area contributed by atoms with Gasteiger partial charge in [0.15, 0.2) is 23.8 Å². The lowest BCUT2D eigenvalue weighted by Gasteiger charge is -2.36. The standard InChI is InChI=1S/C50H72N4O6/c1-33(19-13-21-35(3)25-27-39-37(5)45(55)43(31-49(39,7)8)59-47(57)41(53)23-15-29-51)17-11-12-18-34(2)20-14-22-36(4)26-28-40-38(6)46(56)44(32-50(40,9)10)60-48(58)42(54)24-16-30-52/h11-14,17-22,25-28,41-44H,15-16,23-24,29-32,51-54H2,1-10H3. The number of allylic oxidation sites excluding steroid dienone is 20. The molecule has 2 rings (SSSR count). The average molecular weight is 825 g/mol. The third-order valence-corrected chi connectivity index (χ3v) is 10.8. The van der Waals surface area contributed by atoms with Gasteiger partial charge in [-0.1, -0.05) is 135 Å². The molecule has 2 aliphatic rings. The van der Waals surface area contributed by atoms with Crippen molar-refractivity contribution < 1.29 is 28.7 Å².